The van der Waals surface area contributed by atoms with Crippen molar-refractivity contribution in [2.45, 2.75) is 13.5 Å². The van der Waals surface area contributed by atoms with Gasteiger partial charge in [-0.3, -0.25) is 0 Å². The molecule has 0 radical (unpaired) electrons. The van der Waals surface area contributed by atoms with Crippen molar-refractivity contribution >= 4 is 17.0 Å². The lowest BCUT2D eigenvalue weighted by molar-refractivity contribution is 0.397. The highest BCUT2D eigenvalue weighted by Gasteiger charge is 2.01. The lowest BCUT2D eigenvalue weighted by atomic mass is 10.3. The van der Waals surface area contributed by atoms with Crippen LogP contribution in [0, 0.1) is 6.92 Å². The maximum atomic E-state index is 5.06. The minimum atomic E-state index is 0.651. The van der Waals surface area contributed by atoms with Crippen molar-refractivity contribution in [2.75, 3.05) is 12.4 Å². The Hall–Kier alpha value is -1.55. The second-order valence-electron chi connectivity index (χ2n) is 3.47. The Morgan fingerprint density at radius 2 is 2.25 bits per heavy atom. The summed E-state index contributed by atoms with van der Waals surface area (Å²) in [5.41, 5.74) is 3.29. The van der Waals surface area contributed by atoms with Crippen LogP contribution in [0.25, 0.3) is 0 Å². The van der Waals surface area contributed by atoms with Crippen molar-refractivity contribution in [1.29, 1.82) is 0 Å². The van der Waals surface area contributed by atoms with Crippen molar-refractivity contribution in [3.8, 4) is 5.88 Å². The average Bonchev–Trinajstić information content (AvgIpc) is 2.80. The fourth-order valence-corrected chi connectivity index (χ4v) is 2.10. The Balaban J connectivity index is 2.04. The predicted molar refractivity (Wildman–Crippen MR) is 67.2 cm³/mol. The van der Waals surface area contributed by atoms with Gasteiger partial charge < -0.3 is 10.1 Å². The van der Waals surface area contributed by atoms with Gasteiger partial charge in [0.15, 0.2) is 0 Å². The van der Waals surface area contributed by atoms with E-state index in [1.807, 2.05) is 19.1 Å². The van der Waals surface area contributed by atoms with E-state index in [0.29, 0.717) is 5.88 Å². The van der Waals surface area contributed by atoms with E-state index in [1.54, 1.807) is 18.4 Å². The van der Waals surface area contributed by atoms with Crippen molar-refractivity contribution in [2.24, 2.45) is 0 Å². The van der Waals surface area contributed by atoms with Crippen molar-refractivity contribution in [3.63, 3.8) is 0 Å². The van der Waals surface area contributed by atoms with Gasteiger partial charge in [0.05, 0.1) is 18.5 Å². The molecule has 0 atom stereocenters. The molecular weight excluding hydrogens is 220 g/mol. The quantitative estimate of drug-likeness (QED) is 0.882. The largest absolute Gasteiger partial charge is 0.481 e. The molecule has 0 saturated heterocycles. The second-order valence-corrected chi connectivity index (χ2v) is 4.25. The van der Waals surface area contributed by atoms with Crippen LogP contribution in [-0.2, 0) is 6.54 Å². The highest BCUT2D eigenvalue weighted by Crippen LogP contribution is 2.18. The normalized spacial score (nSPS) is 10.1. The third-order valence-electron chi connectivity index (χ3n) is 2.33. The van der Waals surface area contributed by atoms with E-state index < -0.39 is 0 Å². The number of nitrogens with zero attached hydrogens (tertiary/aromatic N) is 1. The first-order valence-corrected chi connectivity index (χ1v) is 6.00. The number of pyridine rings is 1. The molecule has 0 aromatic carbocycles. The van der Waals surface area contributed by atoms with Gasteiger partial charge in [-0.05, 0) is 35.4 Å². The van der Waals surface area contributed by atoms with E-state index >= 15 is 0 Å². The van der Waals surface area contributed by atoms with Crippen LogP contribution in [0.15, 0.2) is 29.0 Å². The third kappa shape index (κ3) is 2.52. The summed E-state index contributed by atoms with van der Waals surface area (Å²) in [6, 6.07) is 5.97. The lowest BCUT2D eigenvalue weighted by Gasteiger charge is -2.09. The number of hydrogen-bond donors (Lipinski definition) is 1. The summed E-state index contributed by atoms with van der Waals surface area (Å²) in [5.74, 6) is 0.651. The number of ether oxygens (including phenoxy) is 1. The highest BCUT2D eigenvalue weighted by molar-refractivity contribution is 7.07. The number of hydrogen-bond acceptors (Lipinski definition) is 4. The van der Waals surface area contributed by atoms with E-state index in [4.69, 9.17) is 4.74 Å². The second kappa shape index (κ2) is 4.99. The van der Waals surface area contributed by atoms with Crippen LogP contribution in [0.5, 0.6) is 5.88 Å². The van der Waals surface area contributed by atoms with Gasteiger partial charge in [0.2, 0.25) is 5.88 Å². The number of methoxy groups -OCH3 is 1. The number of thiophene rings is 1. The summed E-state index contributed by atoms with van der Waals surface area (Å²) in [6.07, 6.45) is 0. The molecule has 4 heteroatoms. The van der Waals surface area contributed by atoms with Crippen LogP contribution in [0.2, 0.25) is 0 Å². The van der Waals surface area contributed by atoms with E-state index in [0.717, 1.165) is 17.9 Å². The molecule has 0 aliphatic carbocycles. The van der Waals surface area contributed by atoms with Gasteiger partial charge in [-0.25, -0.2) is 4.98 Å². The molecule has 0 aliphatic heterocycles. The van der Waals surface area contributed by atoms with Gasteiger partial charge in [0.1, 0.15) is 0 Å². The molecule has 2 aromatic rings. The predicted octanol–water partition coefficient (Wildman–Crippen LogP) is 3.07. The number of nitrogens with one attached hydrogen (secondary N) is 1. The SMILES string of the molecule is COc1ccc(NCc2ccsc2)c(C)n1. The molecule has 3 nitrogen and oxygen atoms in total. The van der Waals surface area contributed by atoms with Crippen LogP contribution < -0.4 is 10.1 Å². The monoisotopic (exact) mass is 234 g/mol. The van der Waals surface area contributed by atoms with Crippen molar-refractivity contribution in [1.82, 2.24) is 4.98 Å². The zero-order valence-corrected chi connectivity index (χ0v) is 10.2. The molecule has 2 aromatic heterocycles. The summed E-state index contributed by atoms with van der Waals surface area (Å²) in [4.78, 5) is 4.31. The Morgan fingerprint density at radius 3 is 2.88 bits per heavy atom. The smallest absolute Gasteiger partial charge is 0.213 e. The fraction of sp³-hybridized carbons (Fsp3) is 0.250. The Morgan fingerprint density at radius 1 is 1.38 bits per heavy atom. The maximum Gasteiger partial charge on any atom is 0.213 e. The van der Waals surface area contributed by atoms with E-state index in [1.165, 1.54) is 5.56 Å². The zero-order chi connectivity index (χ0) is 11.4. The summed E-state index contributed by atoms with van der Waals surface area (Å²) < 4.78 is 5.06. The Bertz CT molecular complexity index is 454. The van der Waals surface area contributed by atoms with Gasteiger partial charge in [0, 0.05) is 12.6 Å². The van der Waals surface area contributed by atoms with Crippen molar-refractivity contribution < 1.29 is 4.74 Å². The first kappa shape index (κ1) is 11.0. The first-order chi connectivity index (χ1) is 7.79. The molecule has 2 rings (SSSR count). The van der Waals surface area contributed by atoms with Crippen LogP contribution in [-0.4, -0.2) is 12.1 Å². The maximum absolute atomic E-state index is 5.06. The number of aryl methyl sites for hydroxylation is 1. The topological polar surface area (TPSA) is 34.1 Å². The first-order valence-electron chi connectivity index (χ1n) is 5.06. The fourth-order valence-electron chi connectivity index (χ4n) is 1.43. The number of aromatic nitrogens is 1. The molecule has 84 valence electrons. The molecule has 0 spiro atoms. The highest BCUT2D eigenvalue weighted by atomic mass is 32.1. The molecule has 0 unspecified atom stereocenters. The zero-order valence-electron chi connectivity index (χ0n) is 9.36. The third-order valence-corrected chi connectivity index (χ3v) is 3.06. The average molecular weight is 234 g/mol. The molecule has 0 saturated carbocycles. The van der Waals surface area contributed by atoms with Gasteiger partial charge in [-0.15, -0.1) is 0 Å². The lowest BCUT2D eigenvalue weighted by Crippen LogP contribution is -2.01. The molecular formula is C12H14N2OS. The number of anilines is 1. The molecule has 0 aliphatic rings. The summed E-state index contributed by atoms with van der Waals surface area (Å²) in [5, 5.41) is 7.57. The molecule has 16 heavy (non-hydrogen) atoms. The van der Waals surface area contributed by atoms with Crippen LogP contribution in [0.1, 0.15) is 11.3 Å². The van der Waals surface area contributed by atoms with Gasteiger partial charge >= 0.3 is 0 Å². The van der Waals surface area contributed by atoms with E-state index in [9.17, 15) is 0 Å². The Labute approximate surface area is 99.1 Å². The van der Waals surface area contributed by atoms with Crippen molar-refractivity contribution in [3.05, 3.63) is 40.2 Å². The molecule has 0 bridgehead atoms. The molecule has 0 fully saturated rings. The minimum Gasteiger partial charge on any atom is -0.481 e. The summed E-state index contributed by atoms with van der Waals surface area (Å²) in [6.45, 7) is 2.80. The summed E-state index contributed by atoms with van der Waals surface area (Å²) >= 11 is 1.71. The van der Waals surface area contributed by atoms with E-state index in [-0.39, 0.29) is 0 Å². The van der Waals surface area contributed by atoms with E-state index in [2.05, 4.69) is 27.1 Å². The van der Waals surface area contributed by atoms with Gasteiger partial charge in [-0.1, -0.05) is 0 Å². The molecule has 2 heterocycles. The van der Waals surface area contributed by atoms with Gasteiger partial charge in [-0.2, -0.15) is 11.3 Å². The minimum absolute atomic E-state index is 0.651. The van der Waals surface area contributed by atoms with Gasteiger partial charge in [0.25, 0.3) is 0 Å². The standard InChI is InChI=1S/C12H14N2OS/c1-9-11(3-4-12(14-9)15-2)13-7-10-5-6-16-8-10/h3-6,8,13H,7H2,1-2H3. The number of rotatable bonds is 4. The van der Waals surface area contributed by atoms with Crippen LogP contribution in [0.4, 0.5) is 5.69 Å². The summed E-state index contributed by atoms with van der Waals surface area (Å²) in [7, 11) is 1.63. The Kier molecular flexibility index (Phi) is 3.41. The molecule has 1 N–H and O–H groups in total. The molecule has 0 amide bonds. The van der Waals surface area contributed by atoms with Crippen LogP contribution >= 0.6 is 11.3 Å². The van der Waals surface area contributed by atoms with Crippen LogP contribution in [0.3, 0.4) is 0 Å².